The van der Waals surface area contributed by atoms with Crippen molar-refractivity contribution in [2.45, 2.75) is 16.7 Å². The molecule has 3 aromatic carbocycles. The Hall–Kier alpha value is -2.55. The molecule has 0 aromatic heterocycles. The third-order valence-electron chi connectivity index (χ3n) is 4.81. The number of nitrogens with zero attached hydrogens (tertiary/aromatic N) is 1. The molecule has 0 spiro atoms. The van der Waals surface area contributed by atoms with Crippen LogP contribution in [0.25, 0.3) is 10.8 Å². The third-order valence-corrected chi connectivity index (χ3v) is 7.45. The summed E-state index contributed by atoms with van der Waals surface area (Å²) in [6, 6.07) is 19.5. The summed E-state index contributed by atoms with van der Waals surface area (Å²) in [5.41, 5.74) is 2.02. The number of thioether (sulfide) groups is 1. The molecule has 0 saturated carbocycles. The fraction of sp³-hybridized carbons (Fsp3) is 0.261. The molecule has 8 heteroatoms. The van der Waals surface area contributed by atoms with Gasteiger partial charge in [-0.2, -0.15) is 16.5 Å². The van der Waals surface area contributed by atoms with Crippen molar-refractivity contribution >= 4 is 44.2 Å². The number of carbonyl (C=O) groups excluding carboxylic acids is 1. The van der Waals surface area contributed by atoms with Crippen molar-refractivity contribution in [1.29, 1.82) is 0 Å². The molecule has 0 amide bonds. The summed E-state index contributed by atoms with van der Waals surface area (Å²) >= 11 is 1.47. The Morgan fingerprint density at radius 1 is 1.00 bits per heavy atom. The first kappa shape index (κ1) is 23.1. The number of ether oxygens (including phenoxy) is 1. The number of nitrogens with one attached hydrogen (secondary N) is 1. The molecular weight excluding hydrogens is 432 g/mol. The summed E-state index contributed by atoms with van der Waals surface area (Å²) in [6.45, 7) is 0. The van der Waals surface area contributed by atoms with Crippen molar-refractivity contribution in [3.8, 4) is 0 Å². The predicted molar refractivity (Wildman–Crippen MR) is 127 cm³/mol. The zero-order valence-electron chi connectivity index (χ0n) is 17.7. The number of carbonyl (C=O) groups is 1. The highest BCUT2D eigenvalue weighted by atomic mass is 32.2. The molecule has 0 radical (unpaired) electrons. The number of rotatable bonds is 9. The zero-order valence-corrected chi connectivity index (χ0v) is 19.4. The van der Waals surface area contributed by atoms with Crippen LogP contribution in [0.4, 0.5) is 5.69 Å². The number of fused-ring (bicyclic) bond motifs is 1. The van der Waals surface area contributed by atoms with Crippen LogP contribution in [-0.4, -0.2) is 47.4 Å². The Morgan fingerprint density at radius 2 is 1.68 bits per heavy atom. The van der Waals surface area contributed by atoms with Gasteiger partial charge >= 0.3 is 5.97 Å². The highest BCUT2D eigenvalue weighted by Gasteiger charge is 2.28. The van der Waals surface area contributed by atoms with Gasteiger partial charge in [-0.3, -0.25) is 4.79 Å². The molecule has 0 bridgehead atoms. The number of methoxy groups -OCH3 is 1. The van der Waals surface area contributed by atoms with E-state index >= 15 is 0 Å². The van der Waals surface area contributed by atoms with Crippen LogP contribution >= 0.6 is 11.8 Å². The first-order valence-corrected chi connectivity index (χ1v) is 12.4. The van der Waals surface area contributed by atoms with E-state index in [1.807, 2.05) is 67.5 Å². The van der Waals surface area contributed by atoms with Crippen LogP contribution in [0.3, 0.4) is 0 Å². The van der Waals surface area contributed by atoms with Crippen LogP contribution in [0.1, 0.15) is 5.56 Å². The number of esters is 1. The smallest absolute Gasteiger partial charge is 0.324 e. The molecule has 0 heterocycles. The van der Waals surface area contributed by atoms with Gasteiger partial charge in [0.1, 0.15) is 6.04 Å². The molecule has 3 rings (SSSR count). The summed E-state index contributed by atoms with van der Waals surface area (Å²) in [5, 5.41) is 1.42. The van der Waals surface area contributed by atoms with Crippen LogP contribution in [0.2, 0.25) is 0 Å². The molecule has 6 nitrogen and oxygen atoms in total. The maximum atomic E-state index is 13.2. The number of sulfonamides is 1. The number of hydrogen-bond acceptors (Lipinski definition) is 6. The van der Waals surface area contributed by atoms with Gasteiger partial charge in [-0.25, -0.2) is 8.42 Å². The zero-order chi connectivity index (χ0) is 22.4. The highest BCUT2D eigenvalue weighted by molar-refractivity contribution is 7.98. The molecule has 0 fully saturated rings. The van der Waals surface area contributed by atoms with Crippen molar-refractivity contribution in [2.75, 3.05) is 31.9 Å². The molecule has 0 aliphatic rings. The van der Waals surface area contributed by atoms with Gasteiger partial charge in [-0.1, -0.05) is 54.6 Å². The summed E-state index contributed by atoms with van der Waals surface area (Å²) in [4.78, 5) is 14.4. The minimum absolute atomic E-state index is 0.135. The first-order valence-electron chi connectivity index (χ1n) is 9.74. The fourth-order valence-corrected chi connectivity index (χ4v) is 5.81. The van der Waals surface area contributed by atoms with Crippen molar-refractivity contribution in [1.82, 2.24) is 4.72 Å². The van der Waals surface area contributed by atoms with E-state index in [9.17, 15) is 13.2 Å². The Kier molecular flexibility index (Phi) is 7.59. The second-order valence-electron chi connectivity index (χ2n) is 7.22. The van der Waals surface area contributed by atoms with Gasteiger partial charge in [0.05, 0.1) is 12.0 Å². The van der Waals surface area contributed by atoms with Crippen molar-refractivity contribution in [3.05, 3.63) is 72.3 Å². The van der Waals surface area contributed by atoms with Crippen molar-refractivity contribution < 1.29 is 17.9 Å². The Balaban J connectivity index is 1.85. The van der Waals surface area contributed by atoms with E-state index in [4.69, 9.17) is 4.74 Å². The maximum Gasteiger partial charge on any atom is 0.324 e. The summed E-state index contributed by atoms with van der Waals surface area (Å²) in [6.07, 6.45) is 0. The van der Waals surface area contributed by atoms with E-state index in [2.05, 4.69) is 4.72 Å². The highest BCUT2D eigenvalue weighted by Crippen LogP contribution is 2.30. The van der Waals surface area contributed by atoms with E-state index in [0.717, 1.165) is 16.6 Å². The largest absolute Gasteiger partial charge is 0.468 e. The summed E-state index contributed by atoms with van der Waals surface area (Å²) < 4.78 is 33.9. The molecule has 0 unspecified atom stereocenters. The standard InChI is InChI=1S/C23H26N2O4S2/c1-25(2)21-13-7-12-19-18(21)11-8-14-22(19)31(27,28)24-20(23(26)29-3)16-30-15-17-9-5-4-6-10-17/h4-14,20,24H,15-16H2,1-3H3/t20-/m0/s1. The Labute approximate surface area is 187 Å². The third kappa shape index (κ3) is 5.58. The molecule has 0 aliphatic heterocycles. The molecule has 31 heavy (non-hydrogen) atoms. The number of anilines is 1. The second kappa shape index (κ2) is 10.2. The van der Waals surface area contributed by atoms with Gasteiger partial charge in [0.2, 0.25) is 10.0 Å². The summed E-state index contributed by atoms with van der Waals surface area (Å²) in [7, 11) is 1.11. The topological polar surface area (TPSA) is 75.7 Å². The molecule has 164 valence electrons. The van der Waals surface area contributed by atoms with Crippen LogP contribution in [0.5, 0.6) is 0 Å². The van der Waals surface area contributed by atoms with E-state index in [-0.39, 0.29) is 10.6 Å². The van der Waals surface area contributed by atoms with E-state index < -0.39 is 22.0 Å². The molecular formula is C23H26N2O4S2. The lowest BCUT2D eigenvalue weighted by Gasteiger charge is -2.19. The summed E-state index contributed by atoms with van der Waals surface area (Å²) in [5.74, 6) is 0.309. The average Bonchev–Trinajstić information content (AvgIpc) is 2.77. The van der Waals surface area contributed by atoms with Crippen LogP contribution in [0, 0.1) is 0 Å². The fourth-order valence-electron chi connectivity index (χ4n) is 3.30. The van der Waals surface area contributed by atoms with Gasteiger partial charge in [0.15, 0.2) is 0 Å². The van der Waals surface area contributed by atoms with E-state index in [1.54, 1.807) is 18.2 Å². The molecule has 0 aliphatic carbocycles. The number of hydrogen-bond donors (Lipinski definition) is 1. The monoisotopic (exact) mass is 458 g/mol. The van der Waals surface area contributed by atoms with Gasteiger partial charge < -0.3 is 9.64 Å². The second-order valence-corrected chi connectivity index (χ2v) is 9.93. The number of benzene rings is 3. The average molecular weight is 459 g/mol. The SMILES string of the molecule is COC(=O)[C@H](CSCc1ccccc1)NS(=O)(=O)c1cccc2c(N(C)C)cccc12. The Bertz CT molecular complexity index is 1150. The van der Waals surface area contributed by atoms with Crippen molar-refractivity contribution in [2.24, 2.45) is 0 Å². The van der Waals surface area contributed by atoms with Gasteiger partial charge in [-0.15, -0.1) is 0 Å². The lowest BCUT2D eigenvalue weighted by Crippen LogP contribution is -2.43. The normalized spacial score (nSPS) is 12.5. The maximum absolute atomic E-state index is 13.2. The Morgan fingerprint density at radius 3 is 2.35 bits per heavy atom. The minimum atomic E-state index is -3.96. The molecule has 3 aromatic rings. The lowest BCUT2D eigenvalue weighted by atomic mass is 10.1. The quantitative estimate of drug-likeness (QED) is 0.493. The van der Waals surface area contributed by atoms with Gasteiger partial charge in [0.25, 0.3) is 0 Å². The minimum Gasteiger partial charge on any atom is -0.468 e. The van der Waals surface area contributed by atoms with Gasteiger partial charge in [-0.05, 0) is 17.7 Å². The van der Waals surface area contributed by atoms with Gasteiger partial charge in [0, 0.05) is 42.1 Å². The lowest BCUT2D eigenvalue weighted by molar-refractivity contribution is -0.141. The first-order chi connectivity index (χ1) is 14.8. The van der Waals surface area contributed by atoms with E-state index in [1.165, 1.54) is 18.9 Å². The van der Waals surface area contributed by atoms with E-state index in [0.29, 0.717) is 11.1 Å². The van der Waals surface area contributed by atoms with Crippen LogP contribution in [-0.2, 0) is 25.3 Å². The predicted octanol–water partition coefficient (Wildman–Crippen LogP) is 3.66. The van der Waals surface area contributed by atoms with Crippen LogP contribution in [0.15, 0.2) is 71.6 Å². The van der Waals surface area contributed by atoms with Crippen LogP contribution < -0.4 is 9.62 Å². The van der Waals surface area contributed by atoms with Crippen molar-refractivity contribution in [3.63, 3.8) is 0 Å². The molecule has 1 atom stereocenters. The molecule has 0 saturated heterocycles. The molecule has 1 N–H and O–H groups in total.